The van der Waals surface area contributed by atoms with Crippen LogP contribution in [0, 0.1) is 13.8 Å². The normalized spacial score (nSPS) is 18.3. The van der Waals surface area contributed by atoms with Crippen LogP contribution in [0.5, 0.6) is 0 Å². The number of thiocarbonyl (C=S) groups is 1. The molecule has 1 saturated heterocycles. The lowest BCUT2D eigenvalue weighted by molar-refractivity contribution is -0.140. The van der Waals surface area contributed by atoms with Crippen LogP contribution in [-0.4, -0.2) is 54.2 Å². The van der Waals surface area contributed by atoms with E-state index in [1.165, 1.54) is 7.11 Å². The van der Waals surface area contributed by atoms with Gasteiger partial charge in [0.1, 0.15) is 12.7 Å². The Balaban J connectivity index is 1.73. The molecule has 10 heteroatoms. The molecule has 31 heavy (non-hydrogen) atoms. The first-order valence-electron chi connectivity index (χ1n) is 10.1. The van der Waals surface area contributed by atoms with Crippen LogP contribution in [-0.2, 0) is 9.53 Å². The fraction of sp³-hybridized carbons (Fsp3) is 0.381. The molecule has 0 saturated carbocycles. The Morgan fingerprint density at radius 3 is 2.71 bits per heavy atom. The zero-order valence-electron chi connectivity index (χ0n) is 17.7. The number of aryl methyl sites for hydroxylation is 1. The summed E-state index contributed by atoms with van der Waals surface area (Å²) in [6, 6.07) is 7.86. The van der Waals surface area contributed by atoms with Crippen molar-refractivity contribution in [3.05, 3.63) is 65.8 Å². The summed E-state index contributed by atoms with van der Waals surface area (Å²) in [6.45, 7) is 4.76. The second-order valence-electron chi connectivity index (χ2n) is 7.48. The number of hydrogen-bond acceptors (Lipinski definition) is 6. The Hall–Kier alpha value is -3.27. The maximum Gasteiger partial charge on any atom is 0.305 e. The molecule has 0 bridgehead atoms. The number of esters is 1. The maximum absolute atomic E-state index is 11.6. The maximum atomic E-state index is 11.6. The van der Waals surface area contributed by atoms with Crippen LogP contribution in [0.1, 0.15) is 47.6 Å². The lowest BCUT2D eigenvalue weighted by Crippen LogP contribution is -2.31. The van der Waals surface area contributed by atoms with Crippen molar-refractivity contribution in [3.8, 4) is 0 Å². The quantitative estimate of drug-likeness (QED) is 0.443. The van der Waals surface area contributed by atoms with Crippen LogP contribution < -0.4 is 5.32 Å². The second-order valence-corrected chi connectivity index (χ2v) is 7.87. The molecule has 0 spiro atoms. The van der Waals surface area contributed by atoms with Crippen LogP contribution in [0.2, 0.25) is 0 Å². The van der Waals surface area contributed by atoms with Crippen LogP contribution >= 0.6 is 12.2 Å². The second kappa shape index (κ2) is 8.84. The monoisotopic (exact) mass is 439 g/mol. The Labute approximate surface area is 186 Å². The number of rotatable bonds is 7. The fourth-order valence-corrected chi connectivity index (χ4v) is 4.54. The molecule has 162 valence electrons. The standard InChI is InChI=1S/C21H25N7O2S/c1-14-11-16(15(2)28(14)26-12-23-24-13-26)20-19(17-7-4-5-9-22-17)25-21(31)27(20)10-6-8-18(29)30-3/h4-5,7,9,11-13,19-20H,6,8,10H2,1-3H3,(H,25,31)/t19-,20+/m0/s1. The predicted molar refractivity (Wildman–Crippen MR) is 118 cm³/mol. The van der Waals surface area contributed by atoms with Crippen molar-refractivity contribution in [2.45, 2.75) is 38.8 Å². The zero-order valence-corrected chi connectivity index (χ0v) is 18.5. The van der Waals surface area contributed by atoms with E-state index in [4.69, 9.17) is 17.0 Å². The van der Waals surface area contributed by atoms with Gasteiger partial charge in [-0.15, -0.1) is 10.2 Å². The van der Waals surface area contributed by atoms with Crippen molar-refractivity contribution in [1.29, 1.82) is 0 Å². The molecule has 0 aliphatic carbocycles. The number of carbonyl (C=O) groups is 1. The fourth-order valence-electron chi connectivity index (χ4n) is 4.21. The van der Waals surface area contributed by atoms with Crippen LogP contribution in [0.3, 0.4) is 0 Å². The number of nitrogens with one attached hydrogen (secondary N) is 1. The smallest absolute Gasteiger partial charge is 0.305 e. The third kappa shape index (κ3) is 4.02. The molecule has 4 heterocycles. The van der Waals surface area contributed by atoms with Gasteiger partial charge in [-0.3, -0.25) is 14.5 Å². The van der Waals surface area contributed by atoms with E-state index in [9.17, 15) is 4.79 Å². The van der Waals surface area contributed by atoms with Crippen molar-refractivity contribution in [2.75, 3.05) is 13.7 Å². The Morgan fingerprint density at radius 2 is 2.03 bits per heavy atom. The first kappa shape index (κ1) is 21.0. The Kier molecular flexibility index (Phi) is 5.99. The summed E-state index contributed by atoms with van der Waals surface area (Å²) in [5, 5.41) is 12.0. The molecule has 0 radical (unpaired) electrons. The van der Waals surface area contributed by atoms with Crippen LogP contribution in [0.4, 0.5) is 0 Å². The summed E-state index contributed by atoms with van der Waals surface area (Å²) in [7, 11) is 1.41. The molecule has 4 rings (SSSR count). The Morgan fingerprint density at radius 1 is 1.26 bits per heavy atom. The van der Waals surface area contributed by atoms with Gasteiger partial charge < -0.3 is 15.0 Å². The van der Waals surface area contributed by atoms with E-state index in [0.717, 1.165) is 22.6 Å². The molecule has 0 amide bonds. The van der Waals surface area contributed by atoms with Gasteiger partial charge in [0, 0.05) is 36.1 Å². The van der Waals surface area contributed by atoms with E-state index in [1.807, 2.05) is 22.9 Å². The van der Waals surface area contributed by atoms with Gasteiger partial charge in [-0.25, -0.2) is 4.68 Å². The van der Waals surface area contributed by atoms with Crippen molar-refractivity contribution in [2.24, 2.45) is 0 Å². The molecule has 9 nitrogen and oxygen atoms in total. The topological polar surface area (TPSA) is 90.1 Å². The predicted octanol–water partition coefficient (Wildman–Crippen LogP) is 2.33. The molecule has 0 unspecified atom stereocenters. The van der Waals surface area contributed by atoms with Gasteiger partial charge in [0.2, 0.25) is 0 Å². The third-order valence-corrected chi connectivity index (χ3v) is 5.95. The van der Waals surface area contributed by atoms with Gasteiger partial charge >= 0.3 is 5.97 Å². The highest BCUT2D eigenvalue weighted by Gasteiger charge is 2.41. The van der Waals surface area contributed by atoms with E-state index in [-0.39, 0.29) is 18.1 Å². The highest BCUT2D eigenvalue weighted by molar-refractivity contribution is 7.80. The van der Waals surface area contributed by atoms with E-state index < -0.39 is 0 Å². The van der Waals surface area contributed by atoms with E-state index in [0.29, 0.717) is 24.5 Å². The average molecular weight is 440 g/mol. The minimum atomic E-state index is -0.221. The summed E-state index contributed by atoms with van der Waals surface area (Å²) in [5.74, 6) is -0.221. The highest BCUT2D eigenvalue weighted by Crippen LogP contribution is 2.40. The molecule has 0 aromatic carbocycles. The van der Waals surface area contributed by atoms with Gasteiger partial charge in [0.15, 0.2) is 5.11 Å². The van der Waals surface area contributed by atoms with Gasteiger partial charge in [0.25, 0.3) is 0 Å². The number of nitrogens with zero attached hydrogens (tertiary/aromatic N) is 6. The molecular weight excluding hydrogens is 414 g/mol. The molecule has 1 aliphatic heterocycles. The van der Waals surface area contributed by atoms with Gasteiger partial charge in [-0.1, -0.05) is 6.07 Å². The summed E-state index contributed by atoms with van der Waals surface area (Å²) >= 11 is 5.70. The highest BCUT2D eigenvalue weighted by atomic mass is 32.1. The average Bonchev–Trinajstić information content (AvgIpc) is 3.47. The summed E-state index contributed by atoms with van der Waals surface area (Å²) < 4.78 is 8.71. The minimum absolute atomic E-state index is 0.0727. The van der Waals surface area contributed by atoms with E-state index >= 15 is 0 Å². The SMILES string of the molecule is COC(=O)CCCN1C(=S)N[C@@H](c2ccccn2)[C@H]1c1cc(C)n(-n2cnnc2)c1C. The number of ether oxygens (including phenoxy) is 1. The lowest BCUT2D eigenvalue weighted by Gasteiger charge is -2.28. The summed E-state index contributed by atoms with van der Waals surface area (Å²) in [5.41, 5.74) is 4.17. The molecule has 1 aliphatic rings. The molecular formula is C21H25N7O2S. The number of pyridine rings is 1. The van der Waals surface area contributed by atoms with Crippen LogP contribution in [0.15, 0.2) is 43.1 Å². The zero-order chi connectivity index (χ0) is 22.0. The molecule has 3 aromatic heterocycles. The number of hydrogen-bond donors (Lipinski definition) is 1. The van der Waals surface area contributed by atoms with Crippen molar-refractivity contribution >= 4 is 23.3 Å². The largest absolute Gasteiger partial charge is 0.469 e. The summed E-state index contributed by atoms with van der Waals surface area (Å²) in [4.78, 5) is 18.4. The minimum Gasteiger partial charge on any atom is -0.469 e. The molecule has 2 atom stereocenters. The number of methoxy groups -OCH3 is 1. The third-order valence-electron chi connectivity index (χ3n) is 5.60. The lowest BCUT2D eigenvalue weighted by atomic mass is 9.96. The van der Waals surface area contributed by atoms with Crippen molar-refractivity contribution in [3.63, 3.8) is 0 Å². The summed E-state index contributed by atoms with van der Waals surface area (Å²) in [6.07, 6.45) is 6.12. The van der Waals surface area contributed by atoms with Crippen molar-refractivity contribution in [1.82, 2.24) is 34.8 Å². The first-order valence-corrected chi connectivity index (χ1v) is 10.5. The van der Waals surface area contributed by atoms with Gasteiger partial charge in [-0.2, -0.15) is 0 Å². The molecule has 1 N–H and O–H groups in total. The van der Waals surface area contributed by atoms with Crippen molar-refractivity contribution < 1.29 is 9.53 Å². The Bertz CT molecular complexity index is 1070. The molecule has 1 fully saturated rings. The number of carbonyl (C=O) groups excluding carboxylic acids is 1. The van der Waals surface area contributed by atoms with Gasteiger partial charge in [0.05, 0.1) is 24.9 Å². The number of aromatic nitrogens is 5. The van der Waals surface area contributed by atoms with E-state index in [1.54, 1.807) is 18.9 Å². The van der Waals surface area contributed by atoms with E-state index in [2.05, 4.69) is 50.0 Å². The molecule has 3 aromatic rings. The van der Waals surface area contributed by atoms with Gasteiger partial charge in [-0.05, 0) is 50.7 Å². The van der Waals surface area contributed by atoms with Crippen LogP contribution in [0.25, 0.3) is 0 Å². The first-order chi connectivity index (χ1) is 15.0.